The van der Waals surface area contributed by atoms with E-state index < -0.39 is 29.0 Å². The number of pyridine rings is 1. The summed E-state index contributed by atoms with van der Waals surface area (Å²) in [6.45, 7) is 3.51. The van der Waals surface area contributed by atoms with Crippen molar-refractivity contribution in [3.8, 4) is 11.8 Å². The van der Waals surface area contributed by atoms with Crippen LogP contribution in [0.15, 0.2) is 60.8 Å². The first-order valence-electron chi connectivity index (χ1n) is 14.1. The average molecular weight is 604 g/mol. The van der Waals surface area contributed by atoms with Gasteiger partial charge in [-0.25, -0.2) is 4.98 Å². The quantitative estimate of drug-likeness (QED) is 0.291. The molecule has 0 spiro atoms. The van der Waals surface area contributed by atoms with Crippen LogP contribution < -0.4 is 15.0 Å². The van der Waals surface area contributed by atoms with Gasteiger partial charge >= 0.3 is 12.4 Å². The Hall–Kier alpha value is -3.98. The SMILES string of the molecule is N#Cc1ccc(N[C@H]2CC[C@H](Oc3ccnc(N4CCN(Cc5ccc(C(F)(F)F)cc5)CC4)c3)CC2)cc1C(F)(F)F. The summed E-state index contributed by atoms with van der Waals surface area (Å²) in [5.74, 6) is 1.50. The number of ether oxygens (including phenoxy) is 1. The predicted octanol–water partition coefficient (Wildman–Crippen LogP) is 7.12. The number of hydrogen-bond acceptors (Lipinski definition) is 6. The zero-order valence-electron chi connectivity index (χ0n) is 23.3. The zero-order chi connectivity index (χ0) is 30.6. The van der Waals surface area contributed by atoms with Crippen molar-refractivity contribution in [1.82, 2.24) is 9.88 Å². The summed E-state index contributed by atoms with van der Waals surface area (Å²) < 4.78 is 84.6. The molecule has 12 heteroatoms. The van der Waals surface area contributed by atoms with Gasteiger partial charge in [0.05, 0.1) is 28.9 Å². The smallest absolute Gasteiger partial charge is 0.417 e. The van der Waals surface area contributed by atoms with Gasteiger partial charge in [-0.15, -0.1) is 0 Å². The van der Waals surface area contributed by atoms with E-state index in [0.29, 0.717) is 18.0 Å². The lowest BCUT2D eigenvalue weighted by Crippen LogP contribution is -2.46. The largest absolute Gasteiger partial charge is 0.490 e. The molecule has 2 aliphatic rings. The molecular weight excluding hydrogens is 572 g/mol. The van der Waals surface area contributed by atoms with Gasteiger partial charge in [-0.2, -0.15) is 31.6 Å². The highest BCUT2D eigenvalue weighted by Crippen LogP contribution is 2.35. The minimum atomic E-state index is -4.60. The minimum Gasteiger partial charge on any atom is -0.490 e. The molecule has 1 N–H and O–H groups in total. The molecule has 0 radical (unpaired) electrons. The summed E-state index contributed by atoms with van der Waals surface area (Å²) in [5.41, 5.74) is -0.806. The van der Waals surface area contributed by atoms with E-state index >= 15 is 0 Å². The maximum Gasteiger partial charge on any atom is 0.417 e. The third-order valence-electron chi connectivity index (χ3n) is 7.89. The van der Waals surface area contributed by atoms with Crippen molar-refractivity contribution in [1.29, 1.82) is 5.26 Å². The van der Waals surface area contributed by atoms with Crippen molar-refractivity contribution in [3.63, 3.8) is 0 Å². The first-order valence-corrected chi connectivity index (χ1v) is 14.1. The number of halogens is 6. The first-order chi connectivity index (χ1) is 20.5. The monoisotopic (exact) mass is 603 g/mol. The Balaban J connectivity index is 1.09. The van der Waals surface area contributed by atoms with E-state index in [1.807, 2.05) is 12.1 Å². The molecule has 0 atom stereocenters. The van der Waals surface area contributed by atoms with Crippen molar-refractivity contribution in [2.75, 3.05) is 36.4 Å². The third-order valence-corrected chi connectivity index (χ3v) is 7.89. The molecule has 6 nitrogen and oxygen atoms in total. The molecule has 3 aromatic rings. The van der Waals surface area contributed by atoms with Crippen LogP contribution >= 0.6 is 0 Å². The summed E-state index contributed by atoms with van der Waals surface area (Å²) in [5, 5.41) is 12.2. The average Bonchev–Trinajstić information content (AvgIpc) is 2.98. The topological polar surface area (TPSA) is 64.4 Å². The summed E-state index contributed by atoms with van der Waals surface area (Å²) in [7, 11) is 0. The summed E-state index contributed by atoms with van der Waals surface area (Å²) in [6.07, 6.45) is -4.33. The fourth-order valence-corrected chi connectivity index (χ4v) is 5.56. The van der Waals surface area contributed by atoms with Gasteiger partial charge in [0.2, 0.25) is 0 Å². The van der Waals surface area contributed by atoms with Gasteiger partial charge in [0.15, 0.2) is 0 Å². The molecule has 0 amide bonds. The molecule has 43 heavy (non-hydrogen) atoms. The van der Waals surface area contributed by atoms with Crippen LogP contribution in [-0.4, -0.2) is 48.2 Å². The van der Waals surface area contributed by atoms with Crippen molar-refractivity contribution >= 4 is 11.5 Å². The van der Waals surface area contributed by atoms with Crippen LogP contribution in [0.3, 0.4) is 0 Å². The van der Waals surface area contributed by atoms with Gasteiger partial charge in [0.1, 0.15) is 11.6 Å². The summed E-state index contributed by atoms with van der Waals surface area (Å²) in [4.78, 5) is 8.86. The fraction of sp³-hybridized carbons (Fsp3) is 0.419. The molecule has 228 valence electrons. The van der Waals surface area contributed by atoms with Crippen molar-refractivity contribution in [2.24, 2.45) is 0 Å². The van der Waals surface area contributed by atoms with E-state index in [1.54, 1.807) is 12.3 Å². The standard InChI is InChI=1S/C31H31F6N5O/c32-30(33,34)23-4-1-21(2-5-23)20-41-13-15-42(16-14-41)29-18-27(11-12-39-29)43-26-9-7-24(8-10-26)40-25-6-3-22(19-38)28(17-25)31(35,36)37/h1-6,11-12,17-18,24,26,40H,7-10,13-16,20H2/t24-,26-. The van der Waals surface area contributed by atoms with E-state index in [9.17, 15) is 26.3 Å². The second kappa shape index (κ2) is 12.7. The van der Waals surface area contributed by atoms with E-state index in [1.165, 1.54) is 24.3 Å². The molecule has 0 bridgehead atoms. The number of hydrogen-bond donors (Lipinski definition) is 1. The van der Waals surface area contributed by atoms with E-state index in [2.05, 4.69) is 20.1 Å². The van der Waals surface area contributed by atoms with E-state index in [4.69, 9.17) is 10.00 Å². The van der Waals surface area contributed by atoms with Crippen molar-refractivity contribution in [3.05, 3.63) is 83.0 Å². The molecule has 1 aliphatic heterocycles. The summed E-state index contributed by atoms with van der Waals surface area (Å²) in [6, 6.07) is 14.3. The maximum atomic E-state index is 13.3. The lowest BCUT2D eigenvalue weighted by molar-refractivity contribution is -0.138. The van der Waals surface area contributed by atoms with Gasteiger partial charge in [-0.1, -0.05) is 12.1 Å². The van der Waals surface area contributed by atoms with Gasteiger partial charge in [0, 0.05) is 56.7 Å². The molecular formula is C31H31F6N5O. The number of benzene rings is 2. The number of rotatable bonds is 7. The number of nitrogens with one attached hydrogen (secondary N) is 1. The van der Waals surface area contributed by atoms with Crippen LogP contribution in [0, 0.1) is 11.3 Å². The van der Waals surface area contributed by atoms with Crippen molar-refractivity contribution in [2.45, 2.75) is 56.7 Å². The molecule has 0 unspecified atom stereocenters. The number of anilines is 2. The Morgan fingerprint density at radius 2 is 1.56 bits per heavy atom. The van der Waals surface area contributed by atoms with E-state index in [-0.39, 0.29) is 12.1 Å². The lowest BCUT2D eigenvalue weighted by atomic mass is 9.92. The fourth-order valence-electron chi connectivity index (χ4n) is 5.56. The second-order valence-electron chi connectivity index (χ2n) is 10.9. The third kappa shape index (κ3) is 7.90. The van der Waals surface area contributed by atoms with Crippen LogP contribution in [-0.2, 0) is 18.9 Å². The van der Waals surface area contributed by atoms with E-state index in [0.717, 1.165) is 81.4 Å². The normalized spacial score (nSPS) is 20.0. The number of aromatic nitrogens is 1. The van der Waals surface area contributed by atoms with Gasteiger partial charge in [0.25, 0.3) is 0 Å². The number of nitrogens with zero attached hydrogens (tertiary/aromatic N) is 4. The Morgan fingerprint density at radius 1 is 0.860 bits per heavy atom. The van der Waals surface area contributed by atoms with Crippen LogP contribution in [0.5, 0.6) is 5.75 Å². The molecule has 5 rings (SSSR count). The Kier molecular flexibility index (Phi) is 9.01. The number of piperazine rings is 1. The first kappa shape index (κ1) is 30.5. The van der Waals surface area contributed by atoms with Crippen LogP contribution in [0.4, 0.5) is 37.8 Å². The van der Waals surface area contributed by atoms with Crippen LogP contribution in [0.25, 0.3) is 0 Å². The highest BCUT2D eigenvalue weighted by atomic mass is 19.4. The Bertz CT molecular complexity index is 1420. The highest BCUT2D eigenvalue weighted by molar-refractivity contribution is 5.53. The lowest BCUT2D eigenvalue weighted by Gasteiger charge is -2.35. The van der Waals surface area contributed by atoms with Gasteiger partial charge in [-0.05, 0) is 67.6 Å². The Morgan fingerprint density at radius 3 is 2.19 bits per heavy atom. The highest BCUT2D eigenvalue weighted by Gasteiger charge is 2.34. The van der Waals surface area contributed by atoms with Crippen LogP contribution in [0.1, 0.15) is 47.9 Å². The molecule has 1 saturated heterocycles. The number of nitriles is 1. The number of alkyl halides is 6. The van der Waals surface area contributed by atoms with Gasteiger partial charge in [-0.3, -0.25) is 4.90 Å². The molecule has 1 saturated carbocycles. The molecule has 1 aromatic heterocycles. The molecule has 1 aliphatic carbocycles. The van der Waals surface area contributed by atoms with Crippen molar-refractivity contribution < 1.29 is 31.1 Å². The Labute approximate surface area is 245 Å². The zero-order valence-corrected chi connectivity index (χ0v) is 23.3. The predicted molar refractivity (Wildman–Crippen MR) is 150 cm³/mol. The molecule has 2 aromatic carbocycles. The van der Waals surface area contributed by atoms with Crippen LogP contribution in [0.2, 0.25) is 0 Å². The maximum absolute atomic E-state index is 13.3. The minimum absolute atomic E-state index is 0.000687. The molecule has 2 heterocycles. The van der Waals surface area contributed by atoms with Gasteiger partial charge < -0.3 is 15.0 Å². The summed E-state index contributed by atoms with van der Waals surface area (Å²) >= 11 is 0. The second-order valence-corrected chi connectivity index (χ2v) is 10.9. The molecule has 2 fully saturated rings.